The number of nitrogens with zero attached hydrogens (tertiary/aromatic N) is 2. The van der Waals surface area contributed by atoms with Crippen LogP contribution in [0.15, 0.2) is 67.4 Å². The molecule has 1 aliphatic heterocycles. The zero-order chi connectivity index (χ0) is 22.6. The predicted molar refractivity (Wildman–Crippen MR) is 138 cm³/mol. The van der Waals surface area contributed by atoms with Crippen LogP contribution in [0.1, 0.15) is 11.1 Å². The van der Waals surface area contributed by atoms with Gasteiger partial charge in [-0.15, -0.1) is 0 Å². The highest BCUT2D eigenvalue weighted by Crippen LogP contribution is 2.63. The second-order valence-corrected chi connectivity index (χ2v) is 9.13. The Bertz CT molecular complexity index is 1380. The molecule has 1 atom stereocenters. The molecule has 0 fully saturated rings. The molecule has 5 rings (SSSR count). The molecular weight excluding hydrogens is 416 g/mol. The van der Waals surface area contributed by atoms with E-state index in [4.69, 9.17) is 17.3 Å². The second-order valence-electron chi connectivity index (χ2n) is 8.72. The zero-order valence-electron chi connectivity index (χ0n) is 18.7. The number of benzene rings is 3. The van der Waals surface area contributed by atoms with Gasteiger partial charge in [0.1, 0.15) is 5.69 Å². The van der Waals surface area contributed by atoms with Crippen LogP contribution in [0.5, 0.6) is 0 Å². The van der Waals surface area contributed by atoms with Crippen molar-refractivity contribution >= 4 is 45.3 Å². The van der Waals surface area contributed by atoms with Crippen LogP contribution < -0.4 is 15.5 Å². The van der Waals surface area contributed by atoms with Crippen molar-refractivity contribution in [2.75, 3.05) is 20.1 Å². The number of quaternary nitrogens is 1. The number of hydrogen-bond donors (Lipinski definition) is 2. The maximum Gasteiger partial charge on any atom is 0.206 e. The van der Waals surface area contributed by atoms with E-state index in [0.717, 1.165) is 27.4 Å². The molecule has 0 saturated heterocycles. The van der Waals surface area contributed by atoms with E-state index in [0.29, 0.717) is 17.6 Å². The van der Waals surface area contributed by atoms with Crippen molar-refractivity contribution in [1.82, 2.24) is 14.4 Å². The summed E-state index contributed by atoms with van der Waals surface area (Å²) in [5.41, 5.74) is 16.0. The third-order valence-electron chi connectivity index (χ3n) is 6.72. The van der Waals surface area contributed by atoms with Gasteiger partial charge in [-0.1, -0.05) is 30.3 Å². The van der Waals surface area contributed by atoms with Crippen molar-refractivity contribution < 1.29 is 0 Å². The lowest BCUT2D eigenvalue weighted by Gasteiger charge is -2.16. The van der Waals surface area contributed by atoms with Crippen molar-refractivity contribution in [2.24, 2.45) is 12.8 Å². The number of halogens is 1. The lowest BCUT2D eigenvalue weighted by molar-refractivity contribution is 0.750. The van der Waals surface area contributed by atoms with Crippen LogP contribution in [0.25, 0.3) is 27.7 Å². The van der Waals surface area contributed by atoms with Gasteiger partial charge in [-0.3, -0.25) is 0 Å². The number of rotatable bonds is 6. The molecule has 4 nitrogen and oxygen atoms in total. The molecule has 0 bridgehead atoms. The predicted octanol–water partition coefficient (Wildman–Crippen LogP) is 6.24. The smallest absolute Gasteiger partial charge is 0.206 e. The highest BCUT2D eigenvalue weighted by atomic mass is 35.5. The summed E-state index contributed by atoms with van der Waals surface area (Å²) in [6.07, 6.45) is 2.09. The van der Waals surface area contributed by atoms with Crippen LogP contribution in [0.2, 0.25) is 5.02 Å². The van der Waals surface area contributed by atoms with Crippen molar-refractivity contribution in [3.8, 4) is 11.1 Å². The standard InChI is InChI=1S/C27H28ClN4/c1-17-5-7-21(14-22(17)18(2)30-11-10-29)32(4)26-15-23(24(28)16-27(26)32)19-6-8-25-20(13-19)9-12-31(25)3/h5-9,12-16,30H,2,10-11,29H2,1,3-4H3/q+1. The van der Waals surface area contributed by atoms with Gasteiger partial charge in [-0.25, -0.2) is 4.48 Å². The molecule has 0 aliphatic carbocycles. The first-order chi connectivity index (χ1) is 15.3. The molecule has 32 heavy (non-hydrogen) atoms. The summed E-state index contributed by atoms with van der Waals surface area (Å²) in [5, 5.41) is 5.31. The van der Waals surface area contributed by atoms with Gasteiger partial charge in [0, 0.05) is 78.3 Å². The van der Waals surface area contributed by atoms with Gasteiger partial charge >= 0.3 is 0 Å². The molecule has 5 heteroatoms. The number of nitrogens with two attached hydrogens (primary N) is 1. The molecule has 0 radical (unpaired) electrons. The molecule has 4 aromatic rings. The Morgan fingerprint density at radius 1 is 1.09 bits per heavy atom. The van der Waals surface area contributed by atoms with Crippen LogP contribution >= 0.6 is 11.6 Å². The van der Waals surface area contributed by atoms with Crippen LogP contribution in [-0.2, 0) is 7.05 Å². The minimum absolute atomic E-state index is 0.576. The van der Waals surface area contributed by atoms with Crippen molar-refractivity contribution in [3.05, 3.63) is 83.5 Å². The summed E-state index contributed by atoms with van der Waals surface area (Å²) in [4.78, 5) is 0. The molecule has 3 N–H and O–H groups in total. The number of aromatic nitrogens is 1. The number of hydrogen-bond acceptors (Lipinski definition) is 2. The molecule has 162 valence electrons. The van der Waals surface area contributed by atoms with Crippen LogP contribution in [-0.4, -0.2) is 24.7 Å². The zero-order valence-corrected chi connectivity index (χ0v) is 19.5. The van der Waals surface area contributed by atoms with Crippen LogP contribution in [0, 0.1) is 6.92 Å². The van der Waals surface area contributed by atoms with Crippen molar-refractivity contribution in [3.63, 3.8) is 0 Å². The van der Waals surface area contributed by atoms with Crippen LogP contribution in [0.4, 0.5) is 17.1 Å². The fourth-order valence-corrected chi connectivity index (χ4v) is 4.93. The maximum absolute atomic E-state index is 6.78. The van der Waals surface area contributed by atoms with Gasteiger partial charge in [-0.2, -0.15) is 0 Å². The minimum Gasteiger partial charge on any atom is -0.384 e. The third kappa shape index (κ3) is 3.15. The quantitative estimate of drug-likeness (QED) is 0.273. The molecule has 0 spiro atoms. The second kappa shape index (κ2) is 7.52. The summed E-state index contributed by atoms with van der Waals surface area (Å²) < 4.78 is 2.79. The van der Waals surface area contributed by atoms with Gasteiger partial charge in [0.15, 0.2) is 0 Å². The molecule has 1 unspecified atom stereocenters. The normalized spacial score (nSPS) is 16.8. The molecule has 0 saturated carbocycles. The summed E-state index contributed by atoms with van der Waals surface area (Å²) in [6, 6.07) is 19.6. The highest BCUT2D eigenvalue weighted by molar-refractivity contribution is 6.34. The Hall–Kier alpha value is -3.05. The summed E-state index contributed by atoms with van der Waals surface area (Å²) in [7, 11) is 4.28. The van der Waals surface area contributed by atoms with Gasteiger partial charge in [0.25, 0.3) is 0 Å². The average molecular weight is 444 g/mol. The maximum atomic E-state index is 6.78. The van der Waals surface area contributed by atoms with E-state index in [2.05, 4.69) is 98.3 Å². The van der Waals surface area contributed by atoms with Gasteiger partial charge in [0.05, 0.1) is 12.1 Å². The molecule has 1 aromatic heterocycles. The highest BCUT2D eigenvalue weighted by Gasteiger charge is 2.52. The Balaban J connectivity index is 1.53. The topological polar surface area (TPSA) is 43.0 Å². The molecule has 1 aliphatic rings. The fourth-order valence-electron chi connectivity index (χ4n) is 4.66. The lowest BCUT2D eigenvalue weighted by atomic mass is 10.0. The Morgan fingerprint density at radius 2 is 1.88 bits per heavy atom. The fraction of sp³-hybridized carbons (Fsp3) is 0.185. The van der Waals surface area contributed by atoms with E-state index in [9.17, 15) is 0 Å². The first kappa shape index (κ1) is 20.8. The first-order valence-corrected chi connectivity index (χ1v) is 11.2. The molecule has 3 aromatic carbocycles. The van der Waals surface area contributed by atoms with Gasteiger partial charge < -0.3 is 15.6 Å². The number of nitrogens with one attached hydrogen (secondary N) is 1. The summed E-state index contributed by atoms with van der Waals surface area (Å²) >= 11 is 6.78. The summed E-state index contributed by atoms with van der Waals surface area (Å²) in [6.45, 7) is 7.61. The molecule has 2 heterocycles. The van der Waals surface area contributed by atoms with Crippen LogP contribution in [0.3, 0.4) is 0 Å². The van der Waals surface area contributed by atoms with Gasteiger partial charge in [0.2, 0.25) is 11.4 Å². The molecular formula is C27H28ClN4+. The average Bonchev–Trinajstić information content (AvgIpc) is 3.18. The van der Waals surface area contributed by atoms with Gasteiger partial charge in [-0.05, 0) is 36.2 Å². The number of aryl methyl sites for hydroxylation is 2. The largest absolute Gasteiger partial charge is 0.384 e. The van der Waals surface area contributed by atoms with Crippen molar-refractivity contribution in [1.29, 1.82) is 0 Å². The lowest BCUT2D eigenvalue weighted by Crippen LogP contribution is -2.21. The SMILES string of the molecule is C=C(NCCN)c1cc([N+]2(C)c3cc(Cl)c(-c4ccc5c(ccn5C)c4)cc32)ccc1C. The third-order valence-corrected chi connectivity index (χ3v) is 7.03. The van der Waals surface area contributed by atoms with E-state index < -0.39 is 0 Å². The monoisotopic (exact) mass is 443 g/mol. The Labute approximate surface area is 194 Å². The first-order valence-electron chi connectivity index (χ1n) is 10.9. The van der Waals surface area contributed by atoms with E-state index in [-0.39, 0.29) is 0 Å². The Kier molecular flexibility index (Phi) is 4.90. The van der Waals surface area contributed by atoms with E-state index >= 15 is 0 Å². The van der Waals surface area contributed by atoms with E-state index in [1.54, 1.807) is 0 Å². The summed E-state index contributed by atoms with van der Waals surface area (Å²) in [5.74, 6) is 0. The van der Waals surface area contributed by atoms with E-state index in [1.807, 2.05) is 0 Å². The van der Waals surface area contributed by atoms with Crippen molar-refractivity contribution in [2.45, 2.75) is 6.92 Å². The Morgan fingerprint density at radius 3 is 2.66 bits per heavy atom. The molecule has 0 amide bonds. The van der Waals surface area contributed by atoms with E-state index in [1.165, 1.54) is 33.5 Å². The minimum atomic E-state index is 0.576. The number of fused-ring (bicyclic) bond motifs is 2.